The Labute approximate surface area is 312 Å². The van der Waals surface area contributed by atoms with Crippen molar-refractivity contribution in [2.24, 2.45) is 4.99 Å². The molecule has 2 aromatic heterocycles. The predicted molar refractivity (Wildman–Crippen MR) is 226 cm³/mol. The third kappa shape index (κ3) is 4.81. The van der Waals surface area contributed by atoms with E-state index < -0.39 is 0 Å². The number of rotatable bonds is 5. The van der Waals surface area contributed by atoms with Gasteiger partial charge in [0.1, 0.15) is 5.84 Å². The minimum Gasteiger partial charge on any atom is -0.357 e. The highest BCUT2D eigenvalue weighted by Gasteiger charge is 2.27. The Morgan fingerprint density at radius 2 is 1.13 bits per heavy atom. The number of amidine groups is 1. The SMILES string of the molecule is C1=C(n2c3ccc(-c4ccc5c(ccn5-c5cccc6ccccc56)c4)cc3c3c4ccccc4ccc32)C(c2ccccc2)NC(c2ccccc2)=N1. The van der Waals surface area contributed by atoms with Crippen LogP contribution in [-0.2, 0) is 0 Å². The Kier molecular flexibility index (Phi) is 6.89. The van der Waals surface area contributed by atoms with E-state index in [9.17, 15) is 0 Å². The summed E-state index contributed by atoms with van der Waals surface area (Å²) in [6.07, 6.45) is 4.26. The normalized spacial score (nSPS) is 14.5. The van der Waals surface area contributed by atoms with Crippen LogP contribution in [0.2, 0.25) is 0 Å². The van der Waals surface area contributed by atoms with Crippen molar-refractivity contribution in [3.63, 3.8) is 0 Å². The van der Waals surface area contributed by atoms with Gasteiger partial charge >= 0.3 is 0 Å². The van der Waals surface area contributed by atoms with E-state index in [4.69, 9.17) is 4.99 Å². The molecule has 3 heterocycles. The summed E-state index contributed by atoms with van der Waals surface area (Å²) >= 11 is 0. The lowest BCUT2D eigenvalue weighted by atomic mass is 9.99. The molecule has 254 valence electrons. The minimum absolute atomic E-state index is 0.114. The fourth-order valence-electron chi connectivity index (χ4n) is 8.49. The second kappa shape index (κ2) is 12.2. The highest BCUT2D eigenvalue weighted by Crippen LogP contribution is 2.42. The molecular weight excluding hydrogens is 657 g/mol. The van der Waals surface area contributed by atoms with Crippen molar-refractivity contribution in [3.8, 4) is 16.8 Å². The van der Waals surface area contributed by atoms with E-state index >= 15 is 0 Å². The van der Waals surface area contributed by atoms with Crippen LogP contribution in [0.15, 0.2) is 199 Å². The van der Waals surface area contributed by atoms with Gasteiger partial charge in [-0.15, -0.1) is 0 Å². The average molecular weight is 691 g/mol. The maximum Gasteiger partial charge on any atom is 0.134 e. The monoisotopic (exact) mass is 690 g/mol. The zero-order valence-electron chi connectivity index (χ0n) is 29.4. The summed E-state index contributed by atoms with van der Waals surface area (Å²) in [6.45, 7) is 0. The number of benzene rings is 8. The van der Waals surface area contributed by atoms with Gasteiger partial charge in [-0.3, -0.25) is 0 Å². The molecule has 8 aromatic carbocycles. The molecule has 1 aliphatic rings. The molecule has 0 radical (unpaired) electrons. The van der Waals surface area contributed by atoms with Gasteiger partial charge in [0, 0.05) is 33.3 Å². The van der Waals surface area contributed by atoms with E-state index in [2.05, 4.69) is 203 Å². The third-order valence-corrected chi connectivity index (χ3v) is 11.0. The van der Waals surface area contributed by atoms with Gasteiger partial charge < -0.3 is 14.5 Å². The van der Waals surface area contributed by atoms with Gasteiger partial charge in [0.2, 0.25) is 0 Å². The number of aromatic nitrogens is 2. The summed E-state index contributed by atoms with van der Waals surface area (Å²) in [4.78, 5) is 5.04. The van der Waals surface area contributed by atoms with Crippen LogP contribution in [0.1, 0.15) is 17.2 Å². The summed E-state index contributed by atoms with van der Waals surface area (Å²) in [7, 11) is 0. The Bertz CT molecular complexity index is 3120. The Hall–Kier alpha value is -7.17. The molecule has 4 nitrogen and oxygen atoms in total. The molecule has 1 unspecified atom stereocenters. The summed E-state index contributed by atoms with van der Waals surface area (Å²) in [5.74, 6) is 0.867. The molecule has 0 saturated heterocycles. The van der Waals surface area contributed by atoms with Crippen molar-refractivity contribution in [1.29, 1.82) is 0 Å². The molecule has 1 N–H and O–H groups in total. The first-order valence-corrected chi connectivity index (χ1v) is 18.5. The highest BCUT2D eigenvalue weighted by molar-refractivity contribution is 6.22. The molecule has 0 bridgehead atoms. The maximum absolute atomic E-state index is 5.04. The first-order valence-electron chi connectivity index (χ1n) is 18.5. The lowest BCUT2D eigenvalue weighted by Gasteiger charge is -2.29. The summed E-state index contributed by atoms with van der Waals surface area (Å²) in [5, 5.41) is 12.5. The Balaban J connectivity index is 1.10. The molecule has 1 atom stereocenters. The van der Waals surface area contributed by atoms with Gasteiger partial charge in [0.25, 0.3) is 0 Å². The van der Waals surface area contributed by atoms with Crippen LogP contribution in [0.25, 0.3) is 76.8 Å². The molecule has 0 fully saturated rings. The Morgan fingerprint density at radius 1 is 0.463 bits per heavy atom. The molecule has 0 spiro atoms. The molecule has 10 aromatic rings. The lowest BCUT2D eigenvalue weighted by molar-refractivity contribution is 0.762. The standard InChI is InChI=1S/C50H34N4/c1-3-14-35(15-4-1)49-47(32-51-50(52-49)36-16-5-2-6-17-36)54-45-26-24-38(31-42(45)48-41-20-10-8-13-34(41)22-27-46(48)54)37-23-25-43-39(30-37)28-29-53(43)44-21-11-18-33-12-7-9-19-40(33)44/h1-32,49H,(H,51,52). The lowest BCUT2D eigenvalue weighted by Crippen LogP contribution is -2.33. The molecular formula is C50H34N4. The van der Waals surface area contributed by atoms with Gasteiger partial charge in [0.15, 0.2) is 0 Å². The van der Waals surface area contributed by atoms with E-state index in [-0.39, 0.29) is 6.04 Å². The second-order valence-electron chi connectivity index (χ2n) is 14.1. The van der Waals surface area contributed by atoms with Crippen LogP contribution in [0.4, 0.5) is 0 Å². The van der Waals surface area contributed by atoms with Crippen LogP contribution in [0.5, 0.6) is 0 Å². The van der Waals surface area contributed by atoms with E-state index in [1.54, 1.807) is 0 Å². The van der Waals surface area contributed by atoms with Crippen molar-refractivity contribution >= 4 is 65.8 Å². The molecule has 11 rings (SSSR count). The topological polar surface area (TPSA) is 34.2 Å². The minimum atomic E-state index is -0.114. The van der Waals surface area contributed by atoms with Crippen molar-refractivity contribution < 1.29 is 0 Å². The van der Waals surface area contributed by atoms with Gasteiger partial charge in [-0.2, -0.15) is 0 Å². The number of hydrogen-bond donors (Lipinski definition) is 1. The number of nitrogens with one attached hydrogen (secondary N) is 1. The zero-order chi connectivity index (χ0) is 35.6. The molecule has 4 heteroatoms. The second-order valence-corrected chi connectivity index (χ2v) is 14.1. The van der Waals surface area contributed by atoms with E-state index in [0.29, 0.717) is 0 Å². The number of nitrogens with zero attached hydrogens (tertiary/aromatic N) is 3. The number of hydrogen-bond acceptors (Lipinski definition) is 2. The molecule has 0 amide bonds. The highest BCUT2D eigenvalue weighted by atomic mass is 15.1. The van der Waals surface area contributed by atoms with Crippen LogP contribution < -0.4 is 5.32 Å². The van der Waals surface area contributed by atoms with Gasteiger partial charge in [-0.05, 0) is 75.3 Å². The molecule has 1 aliphatic heterocycles. The first kappa shape index (κ1) is 30.5. The first-order chi connectivity index (χ1) is 26.8. The van der Waals surface area contributed by atoms with E-state index in [0.717, 1.165) is 28.1 Å². The van der Waals surface area contributed by atoms with Gasteiger partial charge in [0.05, 0.1) is 40.2 Å². The van der Waals surface area contributed by atoms with Crippen molar-refractivity contribution in [1.82, 2.24) is 14.5 Å². The van der Waals surface area contributed by atoms with Crippen LogP contribution in [0, 0.1) is 0 Å². The fourth-order valence-corrected chi connectivity index (χ4v) is 8.49. The van der Waals surface area contributed by atoms with Crippen molar-refractivity contribution in [3.05, 3.63) is 206 Å². The summed E-state index contributed by atoms with van der Waals surface area (Å²) < 4.78 is 4.73. The number of aliphatic imine (C=N–C) groups is 1. The average Bonchev–Trinajstić information content (AvgIpc) is 3.82. The quantitative estimate of drug-likeness (QED) is 0.192. The van der Waals surface area contributed by atoms with Crippen LogP contribution in [-0.4, -0.2) is 15.0 Å². The molecule has 0 aliphatic carbocycles. The molecule has 54 heavy (non-hydrogen) atoms. The van der Waals surface area contributed by atoms with Crippen molar-refractivity contribution in [2.75, 3.05) is 0 Å². The van der Waals surface area contributed by atoms with Crippen molar-refractivity contribution in [2.45, 2.75) is 6.04 Å². The van der Waals surface area contributed by atoms with Gasteiger partial charge in [-0.25, -0.2) is 4.99 Å². The maximum atomic E-state index is 5.04. The summed E-state index contributed by atoms with van der Waals surface area (Å²) in [6, 6.07) is 65.4. The van der Waals surface area contributed by atoms with Crippen LogP contribution in [0.3, 0.4) is 0 Å². The third-order valence-electron chi connectivity index (χ3n) is 11.0. The zero-order valence-corrected chi connectivity index (χ0v) is 29.4. The smallest absolute Gasteiger partial charge is 0.134 e. The fraction of sp³-hybridized carbons (Fsp3) is 0.0200. The number of fused-ring (bicyclic) bond motifs is 7. The van der Waals surface area contributed by atoms with E-state index in [1.165, 1.54) is 65.6 Å². The summed E-state index contributed by atoms with van der Waals surface area (Å²) in [5.41, 5.74) is 10.4. The van der Waals surface area contributed by atoms with Gasteiger partial charge in [-0.1, -0.05) is 140 Å². The predicted octanol–water partition coefficient (Wildman–Crippen LogP) is 12.3. The Morgan fingerprint density at radius 3 is 1.96 bits per heavy atom. The molecule has 0 saturated carbocycles. The van der Waals surface area contributed by atoms with Crippen LogP contribution >= 0.6 is 0 Å². The van der Waals surface area contributed by atoms with E-state index in [1.807, 2.05) is 6.07 Å². The largest absolute Gasteiger partial charge is 0.357 e.